The zero-order chi connectivity index (χ0) is 13.8. The van der Waals surface area contributed by atoms with Gasteiger partial charge in [-0.1, -0.05) is 30.3 Å². The van der Waals surface area contributed by atoms with Gasteiger partial charge in [-0.25, -0.2) is 0 Å². The number of benzene rings is 2. The van der Waals surface area contributed by atoms with Crippen LogP contribution in [0.15, 0.2) is 53.4 Å². The second-order valence-electron chi connectivity index (χ2n) is 4.96. The van der Waals surface area contributed by atoms with E-state index in [1.807, 2.05) is 23.9 Å². The van der Waals surface area contributed by atoms with Crippen LogP contribution < -0.4 is 10.1 Å². The molecule has 104 valence electrons. The predicted molar refractivity (Wildman–Crippen MR) is 84.4 cm³/mol. The summed E-state index contributed by atoms with van der Waals surface area (Å²) in [5, 5.41) is 3.68. The molecule has 0 radical (unpaired) electrons. The zero-order valence-corrected chi connectivity index (χ0v) is 12.5. The summed E-state index contributed by atoms with van der Waals surface area (Å²) < 4.78 is 5.27. The summed E-state index contributed by atoms with van der Waals surface area (Å²) in [4.78, 5) is 1.42. The van der Waals surface area contributed by atoms with E-state index in [4.69, 9.17) is 4.74 Å². The Balaban J connectivity index is 1.70. The molecule has 1 heterocycles. The van der Waals surface area contributed by atoms with E-state index in [0.29, 0.717) is 6.04 Å². The van der Waals surface area contributed by atoms with Crippen molar-refractivity contribution in [3.05, 3.63) is 59.7 Å². The molecular weight excluding hydrogens is 266 g/mol. The molecule has 0 saturated carbocycles. The Morgan fingerprint density at radius 2 is 2.10 bits per heavy atom. The topological polar surface area (TPSA) is 21.3 Å². The average Bonchev–Trinajstić information content (AvgIpc) is 2.53. The molecule has 1 aliphatic heterocycles. The first-order chi connectivity index (χ1) is 9.86. The molecule has 0 aliphatic carbocycles. The number of rotatable bonds is 4. The quantitative estimate of drug-likeness (QED) is 0.916. The van der Waals surface area contributed by atoms with Crippen LogP contribution in [-0.4, -0.2) is 12.9 Å². The van der Waals surface area contributed by atoms with Crippen LogP contribution in [-0.2, 0) is 6.54 Å². The summed E-state index contributed by atoms with van der Waals surface area (Å²) in [6.45, 7) is 0.876. The molecule has 0 spiro atoms. The molecule has 3 heteroatoms. The third-order valence-corrected chi connectivity index (χ3v) is 4.77. The molecule has 0 fully saturated rings. The lowest BCUT2D eigenvalue weighted by Gasteiger charge is -2.26. The van der Waals surface area contributed by atoms with Crippen LogP contribution >= 0.6 is 11.8 Å². The van der Waals surface area contributed by atoms with Gasteiger partial charge in [0.25, 0.3) is 0 Å². The largest absolute Gasteiger partial charge is 0.497 e. The molecule has 2 aromatic carbocycles. The lowest BCUT2D eigenvalue weighted by Crippen LogP contribution is -2.24. The summed E-state index contributed by atoms with van der Waals surface area (Å²) in [7, 11) is 1.71. The van der Waals surface area contributed by atoms with E-state index in [1.54, 1.807) is 7.11 Å². The number of methoxy groups -OCH3 is 1. The number of thioether (sulfide) groups is 1. The first-order valence-corrected chi connectivity index (χ1v) is 7.93. The fourth-order valence-corrected chi connectivity index (χ4v) is 3.70. The Bertz CT molecular complexity index is 585. The Labute approximate surface area is 124 Å². The molecule has 2 aromatic rings. The summed E-state index contributed by atoms with van der Waals surface area (Å²) in [5.41, 5.74) is 2.70. The predicted octanol–water partition coefficient (Wildman–Crippen LogP) is 4.02. The highest BCUT2D eigenvalue weighted by molar-refractivity contribution is 7.99. The van der Waals surface area contributed by atoms with Gasteiger partial charge in [0.1, 0.15) is 5.75 Å². The number of ether oxygens (including phenoxy) is 1. The van der Waals surface area contributed by atoms with E-state index in [2.05, 4.69) is 41.7 Å². The Kier molecular flexibility index (Phi) is 4.28. The third-order valence-electron chi connectivity index (χ3n) is 3.65. The van der Waals surface area contributed by atoms with Gasteiger partial charge in [0, 0.05) is 17.5 Å². The minimum absolute atomic E-state index is 0.457. The maximum Gasteiger partial charge on any atom is 0.119 e. The van der Waals surface area contributed by atoms with Crippen molar-refractivity contribution in [2.45, 2.75) is 23.9 Å². The molecule has 1 atom stereocenters. The van der Waals surface area contributed by atoms with Crippen molar-refractivity contribution in [2.75, 3.05) is 12.9 Å². The first kappa shape index (κ1) is 13.5. The molecule has 0 bridgehead atoms. The van der Waals surface area contributed by atoms with Crippen LogP contribution in [0.5, 0.6) is 5.75 Å². The molecule has 20 heavy (non-hydrogen) atoms. The second kappa shape index (κ2) is 6.33. The van der Waals surface area contributed by atoms with Crippen molar-refractivity contribution in [3.8, 4) is 5.75 Å². The van der Waals surface area contributed by atoms with E-state index in [0.717, 1.165) is 12.3 Å². The Morgan fingerprint density at radius 1 is 1.20 bits per heavy atom. The van der Waals surface area contributed by atoms with Crippen LogP contribution in [0.2, 0.25) is 0 Å². The van der Waals surface area contributed by atoms with Crippen molar-refractivity contribution in [1.82, 2.24) is 5.32 Å². The standard InChI is InChI=1S/C17H19NOS/c1-19-14-6-4-5-13(11-14)12-18-16-9-10-20-17-8-3-2-7-15(16)17/h2-8,11,16,18H,9-10,12H2,1H3. The van der Waals surface area contributed by atoms with E-state index in [9.17, 15) is 0 Å². The fraction of sp³-hybridized carbons (Fsp3) is 0.294. The summed E-state index contributed by atoms with van der Waals surface area (Å²) in [6, 6.07) is 17.4. The van der Waals surface area contributed by atoms with Gasteiger partial charge in [-0.3, -0.25) is 0 Å². The minimum Gasteiger partial charge on any atom is -0.497 e. The summed E-state index contributed by atoms with van der Waals surface area (Å²) in [6.07, 6.45) is 1.19. The van der Waals surface area contributed by atoms with Crippen molar-refractivity contribution < 1.29 is 4.74 Å². The van der Waals surface area contributed by atoms with Gasteiger partial charge in [-0.05, 0) is 41.5 Å². The second-order valence-corrected chi connectivity index (χ2v) is 6.10. The smallest absolute Gasteiger partial charge is 0.119 e. The number of hydrogen-bond donors (Lipinski definition) is 1. The fourth-order valence-electron chi connectivity index (χ4n) is 2.58. The van der Waals surface area contributed by atoms with Crippen molar-refractivity contribution in [1.29, 1.82) is 0 Å². The van der Waals surface area contributed by atoms with Crippen LogP contribution in [0.3, 0.4) is 0 Å². The third kappa shape index (κ3) is 3.00. The van der Waals surface area contributed by atoms with Crippen LogP contribution in [0.1, 0.15) is 23.6 Å². The highest BCUT2D eigenvalue weighted by Gasteiger charge is 2.19. The molecule has 1 aliphatic rings. The van der Waals surface area contributed by atoms with E-state index < -0.39 is 0 Å². The Morgan fingerprint density at radius 3 is 3.00 bits per heavy atom. The summed E-state index contributed by atoms with van der Waals surface area (Å²) >= 11 is 1.96. The van der Waals surface area contributed by atoms with Gasteiger partial charge < -0.3 is 10.1 Å². The van der Waals surface area contributed by atoms with Gasteiger partial charge in [0.05, 0.1) is 7.11 Å². The summed E-state index contributed by atoms with van der Waals surface area (Å²) in [5.74, 6) is 2.11. The van der Waals surface area contributed by atoms with Gasteiger partial charge in [0.15, 0.2) is 0 Å². The molecular formula is C17H19NOS. The van der Waals surface area contributed by atoms with Crippen molar-refractivity contribution >= 4 is 11.8 Å². The highest BCUT2D eigenvalue weighted by Crippen LogP contribution is 2.35. The van der Waals surface area contributed by atoms with Gasteiger partial charge >= 0.3 is 0 Å². The van der Waals surface area contributed by atoms with E-state index in [-0.39, 0.29) is 0 Å². The maximum absolute atomic E-state index is 5.27. The normalized spacial score (nSPS) is 17.6. The van der Waals surface area contributed by atoms with Gasteiger partial charge in [-0.15, -0.1) is 11.8 Å². The lowest BCUT2D eigenvalue weighted by atomic mass is 10.0. The number of hydrogen-bond acceptors (Lipinski definition) is 3. The lowest BCUT2D eigenvalue weighted by molar-refractivity contribution is 0.413. The van der Waals surface area contributed by atoms with Gasteiger partial charge in [-0.2, -0.15) is 0 Å². The molecule has 0 saturated heterocycles. The molecule has 3 rings (SSSR count). The number of nitrogens with one attached hydrogen (secondary N) is 1. The van der Waals surface area contributed by atoms with Crippen LogP contribution in [0.4, 0.5) is 0 Å². The van der Waals surface area contributed by atoms with Crippen molar-refractivity contribution in [3.63, 3.8) is 0 Å². The van der Waals surface area contributed by atoms with E-state index >= 15 is 0 Å². The molecule has 2 nitrogen and oxygen atoms in total. The zero-order valence-electron chi connectivity index (χ0n) is 11.6. The average molecular weight is 285 g/mol. The minimum atomic E-state index is 0.457. The monoisotopic (exact) mass is 285 g/mol. The molecule has 0 amide bonds. The van der Waals surface area contributed by atoms with Crippen LogP contribution in [0.25, 0.3) is 0 Å². The molecule has 1 unspecified atom stereocenters. The first-order valence-electron chi connectivity index (χ1n) is 6.95. The number of fused-ring (bicyclic) bond motifs is 1. The van der Waals surface area contributed by atoms with E-state index in [1.165, 1.54) is 28.2 Å². The highest BCUT2D eigenvalue weighted by atomic mass is 32.2. The SMILES string of the molecule is COc1cccc(CNC2CCSc3ccccc32)c1. The molecule has 0 aromatic heterocycles. The Hall–Kier alpha value is -1.45. The van der Waals surface area contributed by atoms with Crippen molar-refractivity contribution in [2.24, 2.45) is 0 Å². The van der Waals surface area contributed by atoms with Gasteiger partial charge in [0.2, 0.25) is 0 Å². The molecule has 1 N–H and O–H groups in total. The van der Waals surface area contributed by atoms with Crippen LogP contribution in [0, 0.1) is 0 Å². The maximum atomic E-state index is 5.27.